The second-order valence-electron chi connectivity index (χ2n) is 3.59. The largest absolute Gasteiger partial charge is 1.00 e. The average Bonchev–Trinajstić information content (AvgIpc) is 2.52. The van der Waals surface area contributed by atoms with E-state index >= 15 is 0 Å². The molecule has 1 aromatic carbocycles. The Morgan fingerprint density at radius 1 is 1.47 bits per heavy atom. The number of nitrogens with zero attached hydrogens (tertiary/aromatic N) is 1. The van der Waals surface area contributed by atoms with Crippen molar-refractivity contribution >= 4 is 27.5 Å². The van der Waals surface area contributed by atoms with Crippen LogP contribution in [0.25, 0.3) is 10.2 Å². The molecular formula is C12H14INO2S. The van der Waals surface area contributed by atoms with E-state index in [0.717, 1.165) is 12.1 Å². The minimum atomic E-state index is -0.283. The summed E-state index contributed by atoms with van der Waals surface area (Å²) >= 11 is 1.75. The minimum absolute atomic E-state index is 0. The van der Waals surface area contributed by atoms with E-state index in [1.54, 1.807) is 11.3 Å². The van der Waals surface area contributed by atoms with Crippen molar-refractivity contribution in [3.63, 3.8) is 0 Å². The molecule has 1 aromatic heterocycles. The predicted molar refractivity (Wildman–Crippen MR) is 63.7 cm³/mol. The molecule has 0 amide bonds. The Labute approximate surface area is 121 Å². The number of carbonyl (C=O) groups excluding carboxylic acids is 1. The van der Waals surface area contributed by atoms with Crippen molar-refractivity contribution in [1.29, 1.82) is 0 Å². The van der Waals surface area contributed by atoms with Crippen LogP contribution >= 0.6 is 11.3 Å². The number of fused-ring (bicyclic) bond motifs is 1. The zero-order valence-corrected chi connectivity index (χ0v) is 13.0. The lowest BCUT2D eigenvalue weighted by Crippen LogP contribution is -3.00. The lowest BCUT2D eigenvalue weighted by Gasteiger charge is -1.99. The standard InChI is InChI=1S/C12H14NO2S.HI/c1-4-13-8(2)16-12-6-5-10(7-11(12)13)15-9(3)14;/h5-7H,4H2,1-3H3;1H/q+1;/p-1. The number of carbonyl (C=O) groups is 1. The minimum Gasteiger partial charge on any atom is -1.00 e. The molecule has 0 saturated carbocycles. The van der Waals surface area contributed by atoms with Gasteiger partial charge in [0.1, 0.15) is 17.0 Å². The third-order valence-electron chi connectivity index (χ3n) is 2.44. The van der Waals surface area contributed by atoms with Gasteiger partial charge in [-0.2, -0.15) is 4.57 Å². The highest BCUT2D eigenvalue weighted by atomic mass is 127. The molecule has 0 bridgehead atoms. The zero-order valence-electron chi connectivity index (χ0n) is 9.99. The normalized spacial score (nSPS) is 10.1. The molecule has 0 atom stereocenters. The second kappa shape index (κ2) is 5.77. The number of rotatable bonds is 2. The molecule has 2 rings (SSSR count). The molecule has 0 aliphatic heterocycles. The summed E-state index contributed by atoms with van der Waals surface area (Å²) in [5.41, 5.74) is 1.13. The molecule has 0 unspecified atom stereocenters. The molecule has 0 radical (unpaired) electrons. The van der Waals surface area contributed by atoms with Crippen molar-refractivity contribution in [2.75, 3.05) is 0 Å². The summed E-state index contributed by atoms with van der Waals surface area (Å²) in [4.78, 5) is 10.9. The third kappa shape index (κ3) is 2.95. The fourth-order valence-electron chi connectivity index (χ4n) is 1.80. The first-order valence-electron chi connectivity index (χ1n) is 5.23. The Balaban J connectivity index is 0.00000144. The van der Waals surface area contributed by atoms with E-state index in [9.17, 15) is 4.79 Å². The maximum absolute atomic E-state index is 10.9. The van der Waals surface area contributed by atoms with Crippen LogP contribution in [0.2, 0.25) is 0 Å². The fraction of sp³-hybridized carbons (Fsp3) is 0.333. The van der Waals surface area contributed by atoms with E-state index in [1.165, 1.54) is 16.6 Å². The topological polar surface area (TPSA) is 30.2 Å². The molecule has 17 heavy (non-hydrogen) atoms. The van der Waals surface area contributed by atoms with Gasteiger partial charge in [0, 0.05) is 13.8 Å². The van der Waals surface area contributed by atoms with Crippen LogP contribution in [0.3, 0.4) is 0 Å². The Bertz CT molecular complexity index is 551. The zero-order chi connectivity index (χ0) is 11.7. The summed E-state index contributed by atoms with van der Waals surface area (Å²) in [5, 5.41) is 1.26. The summed E-state index contributed by atoms with van der Waals surface area (Å²) in [6.07, 6.45) is 0. The van der Waals surface area contributed by atoms with E-state index in [0.29, 0.717) is 5.75 Å². The van der Waals surface area contributed by atoms with Crippen LogP contribution in [0, 0.1) is 6.92 Å². The van der Waals surface area contributed by atoms with Gasteiger partial charge in [-0.15, -0.1) is 0 Å². The number of hydrogen-bond acceptors (Lipinski definition) is 3. The van der Waals surface area contributed by atoms with Crippen LogP contribution < -0.4 is 33.3 Å². The average molecular weight is 363 g/mol. The van der Waals surface area contributed by atoms with E-state index in [1.807, 2.05) is 18.2 Å². The van der Waals surface area contributed by atoms with Gasteiger partial charge in [-0.05, 0) is 19.1 Å². The van der Waals surface area contributed by atoms with E-state index in [-0.39, 0.29) is 29.9 Å². The van der Waals surface area contributed by atoms with Gasteiger partial charge in [-0.25, -0.2) is 0 Å². The highest BCUT2D eigenvalue weighted by molar-refractivity contribution is 7.18. The number of halogens is 1. The van der Waals surface area contributed by atoms with Gasteiger partial charge >= 0.3 is 5.97 Å². The Hall–Kier alpha value is -0.690. The van der Waals surface area contributed by atoms with Crippen LogP contribution in [-0.2, 0) is 11.3 Å². The van der Waals surface area contributed by atoms with Crippen LogP contribution in [-0.4, -0.2) is 5.97 Å². The molecule has 0 fully saturated rings. The summed E-state index contributed by atoms with van der Waals surface area (Å²) in [6, 6.07) is 5.75. The van der Waals surface area contributed by atoms with Crippen molar-refractivity contribution in [2.24, 2.45) is 0 Å². The first-order valence-corrected chi connectivity index (χ1v) is 6.05. The van der Waals surface area contributed by atoms with E-state index in [2.05, 4.69) is 18.4 Å². The molecule has 2 aromatic rings. The number of aryl methyl sites for hydroxylation is 2. The summed E-state index contributed by atoms with van der Waals surface area (Å²) < 4.78 is 8.52. The highest BCUT2D eigenvalue weighted by Crippen LogP contribution is 2.24. The van der Waals surface area contributed by atoms with Crippen molar-refractivity contribution in [1.82, 2.24) is 0 Å². The Kier molecular flexibility index (Phi) is 4.88. The summed E-state index contributed by atoms with van der Waals surface area (Å²) in [6.45, 7) is 6.55. The van der Waals surface area contributed by atoms with Crippen LogP contribution in [0.1, 0.15) is 18.9 Å². The number of hydrogen-bond donors (Lipinski definition) is 0. The monoisotopic (exact) mass is 363 g/mol. The molecule has 0 aliphatic rings. The van der Waals surface area contributed by atoms with E-state index in [4.69, 9.17) is 4.74 Å². The van der Waals surface area contributed by atoms with Crippen LogP contribution in [0.15, 0.2) is 18.2 Å². The van der Waals surface area contributed by atoms with Gasteiger partial charge < -0.3 is 28.7 Å². The number of benzene rings is 1. The van der Waals surface area contributed by atoms with Gasteiger partial charge in [-0.1, -0.05) is 11.3 Å². The molecule has 92 valence electrons. The summed E-state index contributed by atoms with van der Waals surface area (Å²) in [5.74, 6) is 0.328. The van der Waals surface area contributed by atoms with Crippen LogP contribution in [0.5, 0.6) is 5.75 Å². The first-order chi connectivity index (χ1) is 7.61. The lowest BCUT2D eigenvalue weighted by molar-refractivity contribution is -0.669. The molecule has 0 N–H and O–H groups in total. The predicted octanol–water partition coefficient (Wildman–Crippen LogP) is -0.554. The summed E-state index contributed by atoms with van der Waals surface area (Å²) in [7, 11) is 0. The van der Waals surface area contributed by atoms with Crippen molar-refractivity contribution in [3.05, 3.63) is 23.2 Å². The maximum atomic E-state index is 10.9. The van der Waals surface area contributed by atoms with Gasteiger partial charge in [0.2, 0.25) is 10.5 Å². The number of ether oxygens (including phenoxy) is 1. The highest BCUT2D eigenvalue weighted by Gasteiger charge is 2.16. The van der Waals surface area contributed by atoms with Gasteiger partial charge in [0.15, 0.2) is 0 Å². The van der Waals surface area contributed by atoms with Crippen molar-refractivity contribution in [2.45, 2.75) is 27.3 Å². The molecule has 0 spiro atoms. The molecular weight excluding hydrogens is 349 g/mol. The van der Waals surface area contributed by atoms with Gasteiger partial charge in [-0.3, -0.25) is 4.79 Å². The molecule has 0 saturated heterocycles. The Morgan fingerprint density at radius 3 is 2.76 bits per heavy atom. The smallest absolute Gasteiger partial charge is 0.308 e. The lowest BCUT2D eigenvalue weighted by atomic mass is 10.3. The third-order valence-corrected chi connectivity index (χ3v) is 3.52. The SMILES string of the molecule is CC[n+]1c(C)sc2ccc(OC(C)=O)cc21.[I-]. The number of esters is 1. The van der Waals surface area contributed by atoms with E-state index < -0.39 is 0 Å². The fourth-order valence-corrected chi connectivity index (χ4v) is 2.87. The quantitative estimate of drug-likeness (QED) is 0.310. The van der Waals surface area contributed by atoms with Gasteiger partial charge in [0.25, 0.3) is 0 Å². The van der Waals surface area contributed by atoms with Crippen LogP contribution in [0.4, 0.5) is 0 Å². The Morgan fingerprint density at radius 2 is 2.18 bits per heavy atom. The molecule has 5 heteroatoms. The first kappa shape index (κ1) is 14.4. The molecule has 0 aliphatic carbocycles. The maximum Gasteiger partial charge on any atom is 0.308 e. The van der Waals surface area contributed by atoms with Crippen molar-refractivity contribution < 1.29 is 38.1 Å². The number of thiazole rings is 1. The number of aromatic nitrogens is 1. The van der Waals surface area contributed by atoms with Gasteiger partial charge in [0.05, 0.1) is 6.07 Å². The molecule has 1 heterocycles. The molecule has 3 nitrogen and oxygen atoms in total. The second-order valence-corrected chi connectivity index (χ2v) is 4.82. The van der Waals surface area contributed by atoms with Crippen molar-refractivity contribution in [3.8, 4) is 5.75 Å².